The smallest absolute Gasteiger partial charge is 0.137 e. The molecule has 1 saturated heterocycles. The van der Waals surface area contributed by atoms with Crippen LogP contribution in [0, 0.1) is 0 Å². The lowest BCUT2D eigenvalue weighted by Crippen LogP contribution is -2.44. The summed E-state index contributed by atoms with van der Waals surface area (Å²) in [6, 6.07) is 13.4. The summed E-state index contributed by atoms with van der Waals surface area (Å²) in [5.41, 5.74) is 4.01. The zero-order valence-electron chi connectivity index (χ0n) is 15.2. The van der Waals surface area contributed by atoms with Crippen LogP contribution in [0.5, 0.6) is 5.75 Å². The summed E-state index contributed by atoms with van der Waals surface area (Å²) in [6.45, 7) is 8.59. The van der Waals surface area contributed by atoms with E-state index in [-0.39, 0.29) is 0 Å². The van der Waals surface area contributed by atoms with E-state index in [1.807, 2.05) is 6.07 Å². The largest absolute Gasteiger partial charge is 0.495 e. The molecule has 1 unspecified atom stereocenters. The molecule has 1 atom stereocenters. The van der Waals surface area contributed by atoms with Gasteiger partial charge in [-0.2, -0.15) is 0 Å². The third-order valence-electron chi connectivity index (χ3n) is 4.80. The first-order valence-electron chi connectivity index (χ1n) is 8.81. The fourth-order valence-corrected chi connectivity index (χ4v) is 4.10. The highest BCUT2D eigenvalue weighted by atomic mass is 127. The van der Waals surface area contributed by atoms with Gasteiger partial charge in [0.25, 0.3) is 0 Å². The maximum absolute atomic E-state index is 5.20. The summed E-state index contributed by atoms with van der Waals surface area (Å²) in [5, 5.41) is 0. The van der Waals surface area contributed by atoms with Crippen LogP contribution in [0.1, 0.15) is 42.6 Å². The number of methoxy groups -OCH3 is 1. The van der Waals surface area contributed by atoms with E-state index < -0.39 is 0 Å². The Balaban J connectivity index is 1.75. The number of aromatic nitrogens is 1. The molecule has 2 heterocycles. The molecule has 2 aromatic rings. The number of rotatable bonds is 5. The summed E-state index contributed by atoms with van der Waals surface area (Å²) in [7, 11) is 1.67. The van der Waals surface area contributed by atoms with E-state index >= 15 is 0 Å². The van der Waals surface area contributed by atoms with Crippen molar-refractivity contribution in [1.29, 1.82) is 0 Å². The van der Waals surface area contributed by atoms with Gasteiger partial charge < -0.3 is 4.74 Å². The van der Waals surface area contributed by atoms with Gasteiger partial charge in [0.2, 0.25) is 0 Å². The standard InChI is InChI=1S/C20H26IN3O/c1-15(2)18-6-4-5-7-19(18)20-14-23(10-11-24(20)21)13-16-8-9-17(25-3)12-22-16/h4-9,12,15,20H,10-11,13-14H2,1-3H3. The minimum absolute atomic E-state index is 0.422. The average Bonchev–Trinajstić information content (AvgIpc) is 2.64. The topological polar surface area (TPSA) is 28.6 Å². The van der Waals surface area contributed by atoms with E-state index in [0.29, 0.717) is 12.0 Å². The van der Waals surface area contributed by atoms with Gasteiger partial charge in [-0.25, -0.2) is 3.11 Å². The van der Waals surface area contributed by atoms with E-state index in [4.69, 9.17) is 4.74 Å². The fraction of sp³-hybridized carbons (Fsp3) is 0.450. The van der Waals surface area contributed by atoms with Crippen LogP contribution in [0.15, 0.2) is 42.6 Å². The summed E-state index contributed by atoms with van der Waals surface area (Å²) in [6.07, 6.45) is 1.80. The first kappa shape index (κ1) is 18.6. The van der Waals surface area contributed by atoms with Crippen molar-refractivity contribution in [3.8, 4) is 5.75 Å². The van der Waals surface area contributed by atoms with Crippen LogP contribution in [-0.2, 0) is 6.54 Å². The van der Waals surface area contributed by atoms with Gasteiger partial charge in [0, 0.05) is 49.0 Å². The van der Waals surface area contributed by atoms with E-state index in [0.717, 1.165) is 37.6 Å². The van der Waals surface area contributed by atoms with Crippen LogP contribution in [0.4, 0.5) is 0 Å². The van der Waals surface area contributed by atoms with Crippen molar-refractivity contribution in [3.63, 3.8) is 0 Å². The maximum atomic E-state index is 5.20. The first-order chi connectivity index (χ1) is 12.1. The molecular formula is C20H26IN3O. The predicted octanol–water partition coefficient (Wildman–Crippen LogP) is 4.42. The molecule has 5 heteroatoms. The van der Waals surface area contributed by atoms with Gasteiger partial charge in [0.15, 0.2) is 0 Å². The second kappa shape index (κ2) is 8.47. The number of hydrogen-bond donors (Lipinski definition) is 0. The summed E-state index contributed by atoms with van der Waals surface area (Å²) in [5.74, 6) is 1.35. The van der Waals surface area contributed by atoms with E-state index in [2.05, 4.69) is 80.0 Å². The Morgan fingerprint density at radius 2 is 2.00 bits per heavy atom. The van der Waals surface area contributed by atoms with E-state index in [1.54, 1.807) is 13.3 Å². The molecule has 4 nitrogen and oxygen atoms in total. The fourth-order valence-electron chi connectivity index (χ4n) is 3.40. The molecule has 1 aliphatic heterocycles. The van der Waals surface area contributed by atoms with Gasteiger partial charge in [-0.15, -0.1) is 0 Å². The van der Waals surface area contributed by atoms with Crippen molar-refractivity contribution in [1.82, 2.24) is 13.0 Å². The van der Waals surface area contributed by atoms with Gasteiger partial charge >= 0.3 is 0 Å². The number of ether oxygens (including phenoxy) is 1. The zero-order chi connectivity index (χ0) is 17.8. The van der Waals surface area contributed by atoms with Gasteiger partial charge in [-0.3, -0.25) is 9.88 Å². The molecule has 0 spiro atoms. The molecule has 1 aromatic heterocycles. The quantitative estimate of drug-likeness (QED) is 0.497. The van der Waals surface area contributed by atoms with Crippen LogP contribution in [0.2, 0.25) is 0 Å². The summed E-state index contributed by atoms with van der Waals surface area (Å²) >= 11 is 2.49. The molecule has 134 valence electrons. The second-order valence-corrected chi connectivity index (χ2v) is 8.09. The molecule has 1 fully saturated rings. The van der Waals surface area contributed by atoms with Crippen molar-refractivity contribution in [3.05, 3.63) is 59.4 Å². The number of pyridine rings is 1. The van der Waals surface area contributed by atoms with Crippen LogP contribution >= 0.6 is 22.9 Å². The molecule has 1 aliphatic rings. The maximum Gasteiger partial charge on any atom is 0.137 e. The molecule has 0 N–H and O–H groups in total. The molecule has 0 radical (unpaired) electrons. The molecule has 0 amide bonds. The summed E-state index contributed by atoms with van der Waals surface area (Å²) in [4.78, 5) is 7.03. The van der Waals surface area contributed by atoms with Crippen LogP contribution in [0.25, 0.3) is 0 Å². The van der Waals surface area contributed by atoms with E-state index in [9.17, 15) is 0 Å². The molecule has 3 rings (SSSR count). The normalized spacial score (nSPS) is 19.3. The van der Waals surface area contributed by atoms with Crippen molar-refractivity contribution >= 4 is 22.9 Å². The van der Waals surface area contributed by atoms with Crippen LogP contribution in [-0.4, -0.2) is 39.7 Å². The number of piperazine rings is 1. The van der Waals surface area contributed by atoms with Crippen molar-refractivity contribution < 1.29 is 4.74 Å². The second-order valence-electron chi connectivity index (χ2n) is 6.85. The molecule has 0 aliphatic carbocycles. The summed E-state index contributed by atoms with van der Waals surface area (Å²) < 4.78 is 7.66. The van der Waals surface area contributed by atoms with E-state index in [1.165, 1.54) is 11.1 Å². The Hall–Kier alpha value is -1.18. The average molecular weight is 451 g/mol. The molecular weight excluding hydrogens is 425 g/mol. The number of nitrogens with zero attached hydrogens (tertiary/aromatic N) is 3. The van der Waals surface area contributed by atoms with Gasteiger partial charge in [-0.05, 0) is 29.2 Å². The van der Waals surface area contributed by atoms with Crippen molar-refractivity contribution in [2.24, 2.45) is 0 Å². The zero-order valence-corrected chi connectivity index (χ0v) is 17.3. The monoisotopic (exact) mass is 451 g/mol. The molecule has 25 heavy (non-hydrogen) atoms. The van der Waals surface area contributed by atoms with Gasteiger partial charge in [-0.1, -0.05) is 38.1 Å². The molecule has 1 aromatic carbocycles. The Morgan fingerprint density at radius 3 is 2.68 bits per heavy atom. The Bertz CT molecular complexity index is 690. The highest BCUT2D eigenvalue weighted by Crippen LogP contribution is 2.33. The SMILES string of the molecule is COc1ccc(CN2CCN(I)C(c3ccccc3C(C)C)C2)nc1. The highest BCUT2D eigenvalue weighted by Gasteiger charge is 2.28. The lowest BCUT2D eigenvalue weighted by Gasteiger charge is -2.39. The van der Waals surface area contributed by atoms with Gasteiger partial charge in [0.1, 0.15) is 5.75 Å². The van der Waals surface area contributed by atoms with Gasteiger partial charge in [0.05, 0.1) is 25.0 Å². The molecule has 0 saturated carbocycles. The minimum atomic E-state index is 0.422. The Kier molecular flexibility index (Phi) is 6.30. The lowest BCUT2D eigenvalue weighted by molar-refractivity contribution is 0.147. The predicted molar refractivity (Wildman–Crippen MR) is 110 cm³/mol. The van der Waals surface area contributed by atoms with Crippen LogP contribution in [0.3, 0.4) is 0 Å². The highest BCUT2D eigenvalue weighted by molar-refractivity contribution is 14.1. The number of benzene rings is 1. The third kappa shape index (κ3) is 4.51. The van der Waals surface area contributed by atoms with Crippen molar-refractivity contribution in [2.75, 3.05) is 26.7 Å². The Morgan fingerprint density at radius 1 is 1.20 bits per heavy atom. The number of hydrogen-bond acceptors (Lipinski definition) is 4. The third-order valence-corrected chi connectivity index (χ3v) is 5.95. The molecule has 0 bridgehead atoms. The minimum Gasteiger partial charge on any atom is -0.495 e. The lowest BCUT2D eigenvalue weighted by atomic mass is 9.92. The first-order valence-corrected chi connectivity index (χ1v) is 9.77. The Labute approximate surface area is 164 Å². The van der Waals surface area contributed by atoms with Crippen molar-refractivity contribution in [2.45, 2.75) is 32.4 Å². The number of halogens is 1. The van der Waals surface area contributed by atoms with Crippen LogP contribution < -0.4 is 4.74 Å².